The maximum atomic E-state index is 12.1. The van der Waals surface area contributed by atoms with E-state index in [0.29, 0.717) is 11.4 Å². The molecule has 0 radical (unpaired) electrons. The Bertz CT molecular complexity index is 842. The van der Waals surface area contributed by atoms with Crippen molar-refractivity contribution in [1.29, 1.82) is 5.26 Å². The molecule has 5 nitrogen and oxygen atoms in total. The van der Waals surface area contributed by atoms with Gasteiger partial charge in [0, 0.05) is 11.6 Å². The van der Waals surface area contributed by atoms with Gasteiger partial charge < -0.3 is 15.2 Å². The summed E-state index contributed by atoms with van der Waals surface area (Å²) in [4.78, 5) is 12.1. The summed E-state index contributed by atoms with van der Waals surface area (Å²) in [6, 6.07) is 16.3. The molecule has 1 saturated carbocycles. The van der Waals surface area contributed by atoms with Gasteiger partial charge in [0.1, 0.15) is 23.3 Å². The maximum absolute atomic E-state index is 12.1. The van der Waals surface area contributed by atoms with Gasteiger partial charge in [-0.15, -0.1) is 0 Å². The van der Waals surface area contributed by atoms with E-state index in [4.69, 9.17) is 10.00 Å². The molecular formula is C20H18N2O3. The second kappa shape index (κ2) is 7.10. The summed E-state index contributed by atoms with van der Waals surface area (Å²) in [5, 5.41) is 21.6. The number of anilines is 1. The van der Waals surface area contributed by atoms with Crippen LogP contribution in [-0.4, -0.2) is 11.0 Å². The van der Waals surface area contributed by atoms with Crippen molar-refractivity contribution in [2.45, 2.75) is 19.8 Å². The van der Waals surface area contributed by atoms with Crippen LogP contribution in [0.15, 0.2) is 59.9 Å². The van der Waals surface area contributed by atoms with Gasteiger partial charge in [-0.25, -0.2) is 0 Å². The van der Waals surface area contributed by atoms with Crippen molar-refractivity contribution >= 4 is 11.6 Å². The van der Waals surface area contributed by atoms with E-state index in [1.165, 1.54) is 0 Å². The highest BCUT2D eigenvalue weighted by molar-refractivity contribution is 6.07. The zero-order chi connectivity index (χ0) is 17.8. The van der Waals surface area contributed by atoms with E-state index < -0.39 is 5.91 Å². The van der Waals surface area contributed by atoms with Gasteiger partial charge in [0.25, 0.3) is 5.91 Å². The predicted octanol–water partition coefficient (Wildman–Crippen LogP) is 4.47. The molecule has 0 saturated heterocycles. The first-order chi connectivity index (χ1) is 12.1. The van der Waals surface area contributed by atoms with Crippen molar-refractivity contribution in [2.24, 2.45) is 5.92 Å². The van der Waals surface area contributed by atoms with Gasteiger partial charge in [0.05, 0.1) is 0 Å². The number of rotatable bonds is 5. The lowest BCUT2D eigenvalue weighted by Gasteiger charge is -2.08. The van der Waals surface area contributed by atoms with E-state index in [0.717, 1.165) is 24.2 Å². The van der Waals surface area contributed by atoms with Gasteiger partial charge in [0.2, 0.25) is 0 Å². The van der Waals surface area contributed by atoms with Crippen LogP contribution in [-0.2, 0) is 4.79 Å². The van der Waals surface area contributed by atoms with Gasteiger partial charge in [-0.2, -0.15) is 5.26 Å². The van der Waals surface area contributed by atoms with E-state index in [1.807, 2.05) is 31.2 Å². The predicted molar refractivity (Wildman–Crippen MR) is 94.3 cm³/mol. The number of amides is 1. The molecule has 126 valence electrons. The van der Waals surface area contributed by atoms with Crippen LogP contribution in [0.2, 0.25) is 0 Å². The molecule has 0 spiro atoms. The third kappa shape index (κ3) is 4.18. The molecule has 1 aliphatic carbocycles. The highest BCUT2D eigenvalue weighted by Gasteiger charge is 2.30. The summed E-state index contributed by atoms with van der Waals surface area (Å²) in [7, 11) is 0. The number of benzene rings is 2. The quantitative estimate of drug-likeness (QED) is 0.480. The van der Waals surface area contributed by atoms with Gasteiger partial charge in [-0.3, -0.25) is 4.79 Å². The summed E-state index contributed by atoms with van der Waals surface area (Å²) >= 11 is 0. The minimum Gasteiger partial charge on any atom is -0.510 e. The van der Waals surface area contributed by atoms with Crippen molar-refractivity contribution in [3.05, 3.63) is 65.4 Å². The lowest BCUT2D eigenvalue weighted by Crippen LogP contribution is -2.15. The Hall–Kier alpha value is -3.26. The average molecular weight is 334 g/mol. The van der Waals surface area contributed by atoms with Gasteiger partial charge in [-0.05, 0) is 56.2 Å². The molecule has 1 fully saturated rings. The summed E-state index contributed by atoms with van der Waals surface area (Å²) in [6.45, 7) is 2.01. The average Bonchev–Trinajstić information content (AvgIpc) is 3.44. The standard InChI is InChI=1S/C20H18N2O3/c1-13-2-8-16(9-3-13)25-17-10-6-15(7-11-17)22-20(24)18(12-21)19(23)14-4-5-14/h2-3,6-11,14,23H,4-5H2,1H3,(H,22,24). The maximum Gasteiger partial charge on any atom is 0.269 e. The molecular weight excluding hydrogens is 316 g/mol. The number of carbonyl (C=O) groups excluding carboxylic acids is 1. The van der Waals surface area contributed by atoms with Crippen LogP contribution >= 0.6 is 0 Å². The van der Waals surface area contributed by atoms with Crippen molar-refractivity contribution in [3.8, 4) is 17.6 Å². The molecule has 1 amide bonds. The molecule has 0 unspecified atom stereocenters. The third-order valence-corrected chi connectivity index (χ3v) is 3.93. The zero-order valence-corrected chi connectivity index (χ0v) is 13.8. The Morgan fingerprint density at radius 1 is 1.12 bits per heavy atom. The van der Waals surface area contributed by atoms with Crippen molar-refractivity contribution in [2.75, 3.05) is 5.32 Å². The fraction of sp³-hybridized carbons (Fsp3) is 0.200. The van der Waals surface area contributed by atoms with Crippen LogP contribution < -0.4 is 10.1 Å². The normalized spacial score (nSPS) is 14.2. The highest BCUT2D eigenvalue weighted by atomic mass is 16.5. The highest BCUT2D eigenvalue weighted by Crippen LogP contribution is 2.36. The first-order valence-electron chi connectivity index (χ1n) is 8.06. The third-order valence-electron chi connectivity index (χ3n) is 3.93. The first-order valence-corrected chi connectivity index (χ1v) is 8.06. The molecule has 0 heterocycles. The Labute approximate surface area is 146 Å². The van der Waals surface area contributed by atoms with E-state index in [-0.39, 0.29) is 17.3 Å². The molecule has 3 rings (SSSR count). The van der Waals surface area contributed by atoms with Crippen LogP contribution in [0.25, 0.3) is 0 Å². The Morgan fingerprint density at radius 3 is 2.20 bits per heavy atom. The number of nitrogens with one attached hydrogen (secondary N) is 1. The molecule has 1 aliphatic rings. The summed E-state index contributed by atoms with van der Waals surface area (Å²) in [6.07, 6.45) is 1.63. The number of aryl methyl sites for hydroxylation is 1. The van der Waals surface area contributed by atoms with Crippen LogP contribution in [0.1, 0.15) is 18.4 Å². The lowest BCUT2D eigenvalue weighted by molar-refractivity contribution is -0.112. The smallest absolute Gasteiger partial charge is 0.269 e. The minimum absolute atomic E-state index is 0.0503. The molecule has 25 heavy (non-hydrogen) atoms. The number of hydrogen-bond acceptors (Lipinski definition) is 4. The fourth-order valence-corrected chi connectivity index (χ4v) is 2.33. The largest absolute Gasteiger partial charge is 0.510 e. The van der Waals surface area contributed by atoms with Crippen LogP contribution in [0.4, 0.5) is 5.69 Å². The Balaban J connectivity index is 1.66. The summed E-state index contributed by atoms with van der Waals surface area (Å²) < 4.78 is 5.73. The molecule has 0 aromatic heterocycles. The second-order valence-corrected chi connectivity index (χ2v) is 6.04. The number of carbonyl (C=O) groups is 1. The van der Waals surface area contributed by atoms with E-state index >= 15 is 0 Å². The number of nitrogens with zero attached hydrogens (tertiary/aromatic N) is 1. The van der Waals surface area contributed by atoms with Gasteiger partial charge >= 0.3 is 0 Å². The molecule has 2 aromatic carbocycles. The van der Waals surface area contributed by atoms with Crippen molar-refractivity contribution in [1.82, 2.24) is 0 Å². The zero-order valence-electron chi connectivity index (χ0n) is 13.8. The van der Waals surface area contributed by atoms with Crippen LogP contribution in [0.3, 0.4) is 0 Å². The number of nitriles is 1. The number of ether oxygens (including phenoxy) is 1. The first kappa shape index (κ1) is 16.6. The number of allylic oxidation sites excluding steroid dienone is 1. The molecule has 0 atom stereocenters. The van der Waals surface area contributed by atoms with Crippen molar-refractivity contribution < 1.29 is 14.6 Å². The van der Waals surface area contributed by atoms with Gasteiger partial charge in [-0.1, -0.05) is 17.7 Å². The van der Waals surface area contributed by atoms with Crippen LogP contribution in [0, 0.1) is 24.2 Å². The molecule has 2 N–H and O–H groups in total. The summed E-state index contributed by atoms with van der Waals surface area (Å²) in [5.74, 6) is 0.606. The molecule has 0 aliphatic heterocycles. The monoisotopic (exact) mass is 334 g/mol. The molecule has 0 bridgehead atoms. The molecule has 5 heteroatoms. The Kier molecular flexibility index (Phi) is 4.71. The van der Waals surface area contributed by atoms with Gasteiger partial charge in [0.15, 0.2) is 5.57 Å². The molecule has 2 aromatic rings. The fourth-order valence-electron chi connectivity index (χ4n) is 2.33. The summed E-state index contributed by atoms with van der Waals surface area (Å²) in [5.41, 5.74) is 1.46. The Morgan fingerprint density at radius 2 is 1.68 bits per heavy atom. The topological polar surface area (TPSA) is 82.3 Å². The SMILES string of the molecule is Cc1ccc(Oc2ccc(NC(=O)C(C#N)=C(O)C3CC3)cc2)cc1. The van der Waals surface area contributed by atoms with E-state index in [2.05, 4.69) is 5.32 Å². The number of aliphatic hydroxyl groups is 1. The van der Waals surface area contributed by atoms with Crippen molar-refractivity contribution in [3.63, 3.8) is 0 Å². The van der Waals surface area contributed by atoms with E-state index in [1.54, 1.807) is 30.3 Å². The minimum atomic E-state index is -0.598. The second-order valence-electron chi connectivity index (χ2n) is 6.04. The van der Waals surface area contributed by atoms with E-state index in [9.17, 15) is 9.90 Å². The van der Waals surface area contributed by atoms with Crippen LogP contribution in [0.5, 0.6) is 11.5 Å². The lowest BCUT2D eigenvalue weighted by atomic mass is 10.1. The number of aliphatic hydroxyl groups excluding tert-OH is 1. The number of hydrogen-bond donors (Lipinski definition) is 2.